The number of sulfonamides is 1. The van der Waals surface area contributed by atoms with Crippen LogP contribution in [0.3, 0.4) is 0 Å². The maximum Gasteiger partial charge on any atom is 0.243 e. The number of hydrogen-bond donors (Lipinski definition) is 2. The summed E-state index contributed by atoms with van der Waals surface area (Å²) in [4.78, 5) is 25.6. The third kappa shape index (κ3) is 4.17. The van der Waals surface area contributed by atoms with Gasteiger partial charge in [-0.25, -0.2) is 8.42 Å². The van der Waals surface area contributed by atoms with E-state index in [1.165, 1.54) is 4.31 Å². The quantitative estimate of drug-likeness (QED) is 0.616. The van der Waals surface area contributed by atoms with Gasteiger partial charge >= 0.3 is 0 Å². The second-order valence-electron chi connectivity index (χ2n) is 12.3. The molecule has 6 rings (SSSR count). The maximum absolute atomic E-state index is 13.5. The van der Waals surface area contributed by atoms with Crippen molar-refractivity contribution in [2.45, 2.75) is 88.1 Å². The number of rotatable bonds is 7. The van der Waals surface area contributed by atoms with E-state index >= 15 is 0 Å². The minimum absolute atomic E-state index is 0.00588. The molecule has 7 nitrogen and oxygen atoms in total. The molecule has 0 aliphatic heterocycles. The van der Waals surface area contributed by atoms with Crippen LogP contribution >= 0.6 is 0 Å². The fraction of sp³-hybridized carbons (Fsp3) is 0.692. The SMILES string of the molecule is CC(C)(C)c1ccc(S(=O)(=O)N(CC(=O)NC2C3CC4CC2CC(C(N)=O)(C4)C3)C2CC2)cc1. The number of amides is 2. The van der Waals surface area contributed by atoms with Crippen molar-refractivity contribution in [1.29, 1.82) is 0 Å². The normalized spacial score (nSPS) is 32.7. The average molecular weight is 488 g/mol. The Labute approximate surface area is 202 Å². The van der Waals surface area contributed by atoms with Crippen LogP contribution in [0.2, 0.25) is 0 Å². The number of carbonyl (C=O) groups is 2. The molecule has 8 heteroatoms. The summed E-state index contributed by atoms with van der Waals surface area (Å²) in [5, 5.41) is 3.19. The number of carbonyl (C=O) groups excluding carboxylic acids is 2. The maximum atomic E-state index is 13.5. The zero-order valence-electron chi connectivity index (χ0n) is 20.4. The smallest absolute Gasteiger partial charge is 0.243 e. The molecule has 5 aliphatic rings. The van der Waals surface area contributed by atoms with Crippen LogP contribution in [-0.2, 0) is 25.0 Å². The minimum Gasteiger partial charge on any atom is -0.369 e. The molecule has 1 aromatic rings. The van der Waals surface area contributed by atoms with Gasteiger partial charge < -0.3 is 11.1 Å². The zero-order valence-corrected chi connectivity index (χ0v) is 21.2. The lowest BCUT2D eigenvalue weighted by Gasteiger charge is -2.58. The highest BCUT2D eigenvalue weighted by Gasteiger charge is 2.58. The molecule has 0 saturated heterocycles. The van der Waals surface area contributed by atoms with Crippen LogP contribution < -0.4 is 11.1 Å². The highest BCUT2D eigenvalue weighted by molar-refractivity contribution is 7.89. The summed E-state index contributed by atoms with van der Waals surface area (Å²) in [6.07, 6.45) is 5.96. The molecule has 1 aromatic carbocycles. The predicted octanol–water partition coefficient (Wildman–Crippen LogP) is 2.93. The van der Waals surface area contributed by atoms with Gasteiger partial charge in [0.1, 0.15) is 0 Å². The van der Waals surface area contributed by atoms with E-state index in [0.29, 0.717) is 5.92 Å². The van der Waals surface area contributed by atoms with Crippen LogP contribution in [0, 0.1) is 23.2 Å². The minimum atomic E-state index is -3.77. The summed E-state index contributed by atoms with van der Waals surface area (Å²) in [5.41, 5.74) is 6.38. The number of benzene rings is 1. The Morgan fingerprint density at radius 3 is 2.15 bits per heavy atom. The van der Waals surface area contributed by atoms with Crippen molar-refractivity contribution in [1.82, 2.24) is 9.62 Å². The van der Waals surface area contributed by atoms with E-state index in [-0.39, 0.29) is 52.6 Å². The van der Waals surface area contributed by atoms with Crippen LogP contribution in [0.5, 0.6) is 0 Å². The van der Waals surface area contributed by atoms with E-state index in [1.54, 1.807) is 12.1 Å². The average Bonchev–Trinajstić information content (AvgIpc) is 3.58. The Kier molecular flexibility index (Phi) is 5.63. The standard InChI is InChI=1S/C26H37N3O4S/c1-25(2,3)19-4-8-21(9-5-19)34(32,33)29(20-6-7-20)15-22(30)28-23-17-10-16-11-18(23)14-26(12-16,13-17)24(27)31/h4-5,8-9,16-18,20,23H,6-7,10-15H2,1-3H3,(H2,27,31)(H,28,30). The van der Waals surface area contributed by atoms with E-state index in [0.717, 1.165) is 50.5 Å². The molecule has 186 valence electrons. The molecular weight excluding hydrogens is 450 g/mol. The first-order chi connectivity index (χ1) is 15.9. The van der Waals surface area contributed by atoms with E-state index in [9.17, 15) is 18.0 Å². The fourth-order valence-corrected chi connectivity index (χ4v) is 8.61. The molecule has 2 unspecified atom stereocenters. The third-order valence-corrected chi connectivity index (χ3v) is 10.6. The lowest BCUT2D eigenvalue weighted by molar-refractivity contribution is -0.147. The second kappa shape index (κ2) is 8.05. The first kappa shape index (κ1) is 23.8. The van der Waals surface area contributed by atoms with Crippen molar-refractivity contribution in [2.24, 2.45) is 28.9 Å². The molecule has 5 fully saturated rings. The van der Waals surface area contributed by atoms with Crippen molar-refractivity contribution >= 4 is 21.8 Å². The van der Waals surface area contributed by atoms with Crippen LogP contribution in [-0.4, -0.2) is 43.2 Å². The number of nitrogens with zero attached hydrogens (tertiary/aromatic N) is 1. The van der Waals surface area contributed by atoms with Crippen molar-refractivity contribution in [3.05, 3.63) is 29.8 Å². The molecule has 5 aliphatic carbocycles. The molecule has 0 heterocycles. The van der Waals surface area contributed by atoms with Gasteiger partial charge in [-0.3, -0.25) is 9.59 Å². The first-order valence-corrected chi connectivity index (χ1v) is 14.0. The number of hydrogen-bond acceptors (Lipinski definition) is 4. The fourth-order valence-electron chi connectivity index (χ4n) is 6.97. The monoisotopic (exact) mass is 487 g/mol. The lowest BCUT2D eigenvalue weighted by atomic mass is 9.47. The number of nitrogens with two attached hydrogens (primary N) is 1. The Morgan fingerprint density at radius 2 is 1.65 bits per heavy atom. The first-order valence-electron chi connectivity index (χ1n) is 12.6. The Morgan fingerprint density at radius 1 is 1.06 bits per heavy atom. The van der Waals surface area contributed by atoms with Crippen molar-refractivity contribution in [2.75, 3.05) is 6.54 Å². The van der Waals surface area contributed by atoms with Gasteiger partial charge in [0.2, 0.25) is 21.8 Å². The lowest BCUT2D eigenvalue weighted by Crippen LogP contribution is -2.62. The van der Waals surface area contributed by atoms with Crippen LogP contribution in [0.15, 0.2) is 29.2 Å². The van der Waals surface area contributed by atoms with E-state index in [4.69, 9.17) is 5.73 Å². The third-order valence-electron chi connectivity index (χ3n) is 8.70. The summed E-state index contributed by atoms with van der Waals surface area (Å²) >= 11 is 0. The molecule has 0 aromatic heterocycles. The Bertz CT molecular complexity index is 1070. The molecule has 2 amide bonds. The van der Waals surface area contributed by atoms with Crippen LogP contribution in [0.1, 0.15) is 71.3 Å². The Hall–Kier alpha value is -1.93. The van der Waals surface area contributed by atoms with Gasteiger partial charge in [-0.15, -0.1) is 0 Å². The van der Waals surface area contributed by atoms with Gasteiger partial charge in [0.05, 0.1) is 11.4 Å². The van der Waals surface area contributed by atoms with Crippen LogP contribution in [0.4, 0.5) is 0 Å². The van der Waals surface area contributed by atoms with Gasteiger partial charge in [-0.05, 0) is 85.8 Å². The van der Waals surface area contributed by atoms with E-state index < -0.39 is 15.4 Å². The largest absolute Gasteiger partial charge is 0.369 e. The van der Waals surface area contributed by atoms with Gasteiger partial charge in [0, 0.05) is 17.5 Å². The predicted molar refractivity (Wildman–Crippen MR) is 129 cm³/mol. The highest BCUT2D eigenvalue weighted by atomic mass is 32.2. The summed E-state index contributed by atoms with van der Waals surface area (Å²) in [6.45, 7) is 6.11. The second-order valence-corrected chi connectivity index (χ2v) is 14.2. The summed E-state index contributed by atoms with van der Waals surface area (Å²) in [7, 11) is -3.77. The molecule has 3 N–H and O–H groups in total. The summed E-state index contributed by atoms with van der Waals surface area (Å²) in [5.74, 6) is 0.572. The zero-order chi connectivity index (χ0) is 24.5. The number of primary amides is 1. The summed E-state index contributed by atoms with van der Waals surface area (Å²) in [6, 6.07) is 6.93. The van der Waals surface area contributed by atoms with E-state index in [2.05, 4.69) is 26.1 Å². The van der Waals surface area contributed by atoms with E-state index in [1.807, 2.05) is 12.1 Å². The van der Waals surface area contributed by atoms with Crippen LogP contribution in [0.25, 0.3) is 0 Å². The molecule has 34 heavy (non-hydrogen) atoms. The van der Waals surface area contributed by atoms with Crippen molar-refractivity contribution < 1.29 is 18.0 Å². The van der Waals surface area contributed by atoms with Gasteiger partial charge in [-0.1, -0.05) is 32.9 Å². The van der Waals surface area contributed by atoms with Gasteiger partial charge in [0.15, 0.2) is 0 Å². The summed E-state index contributed by atoms with van der Waals surface area (Å²) < 4.78 is 28.3. The highest BCUT2D eigenvalue weighted by Crippen LogP contribution is 2.59. The van der Waals surface area contributed by atoms with Crippen molar-refractivity contribution in [3.63, 3.8) is 0 Å². The van der Waals surface area contributed by atoms with Gasteiger partial charge in [0.25, 0.3) is 0 Å². The molecule has 5 saturated carbocycles. The molecule has 0 radical (unpaired) electrons. The Balaban J connectivity index is 1.29. The molecule has 4 bridgehead atoms. The molecule has 2 atom stereocenters. The molecular formula is C26H37N3O4S. The van der Waals surface area contributed by atoms with Gasteiger partial charge in [-0.2, -0.15) is 4.31 Å². The van der Waals surface area contributed by atoms with Crippen molar-refractivity contribution in [3.8, 4) is 0 Å². The topological polar surface area (TPSA) is 110 Å². The molecule has 0 spiro atoms. The number of nitrogens with one attached hydrogen (secondary N) is 1.